The Morgan fingerprint density at radius 3 is 1.23 bits per heavy atom. The van der Waals surface area contributed by atoms with Gasteiger partial charge in [-0.2, -0.15) is 10.5 Å². The molecule has 4 aromatic rings. The first-order chi connectivity index (χ1) is 19.7. The number of nitrogens with zero attached hydrogens (tertiary/aromatic N) is 6. The Kier molecular flexibility index (Phi) is 7.19. The predicted molar refractivity (Wildman–Crippen MR) is 165 cm³/mol. The molecule has 8 heteroatoms. The molecule has 6 nitrogen and oxygen atoms in total. The highest BCUT2D eigenvalue weighted by Gasteiger charge is 2.30. The third-order valence-electron chi connectivity index (χ3n) is 5.95. The molecule has 0 amide bonds. The minimum Gasteiger partial charge on any atom is -0.239 e. The second-order valence-corrected chi connectivity index (χ2v) is 10.6. The summed E-state index contributed by atoms with van der Waals surface area (Å²) in [6.45, 7) is 0. The molecule has 0 spiro atoms. The molecule has 0 bridgehead atoms. The quantitative estimate of drug-likeness (QED) is 0.259. The Bertz CT molecular complexity index is 1690. The van der Waals surface area contributed by atoms with Crippen molar-refractivity contribution >= 4 is 56.4 Å². The molecule has 0 N–H and O–H groups in total. The lowest BCUT2D eigenvalue weighted by molar-refractivity contribution is 1.42. The molecule has 6 rings (SSSR count). The van der Waals surface area contributed by atoms with E-state index in [0.717, 1.165) is 54.1 Å². The molecule has 2 heterocycles. The number of aliphatic imine (C=N–C) groups is 4. The van der Waals surface area contributed by atoms with Gasteiger partial charge in [0.2, 0.25) is 0 Å². The standard InChI is InChI=1S/C32H18N6S2/c33-19-21-11-15-25(16-12-21)35-29-27(23-7-3-1-4-8-23)37-31(39-29)32-38-28(24-9-5-2-6-10-24)30(40-32)36-26-17-13-22(20-34)14-18-26/h1-18H/b32-31+,35-29?,36-30?. The average molecular weight is 551 g/mol. The monoisotopic (exact) mass is 550 g/mol. The van der Waals surface area contributed by atoms with Crippen LogP contribution >= 0.6 is 23.5 Å². The Hall–Kier alpha value is -5.02. The molecule has 2 aliphatic rings. The highest BCUT2D eigenvalue weighted by atomic mass is 32.2. The Morgan fingerprint density at radius 1 is 0.500 bits per heavy atom. The van der Waals surface area contributed by atoms with Crippen LogP contribution in [-0.4, -0.2) is 21.5 Å². The predicted octanol–water partition coefficient (Wildman–Crippen LogP) is 7.79. The number of rotatable bonds is 4. The van der Waals surface area contributed by atoms with E-state index in [1.165, 1.54) is 23.5 Å². The van der Waals surface area contributed by atoms with Crippen molar-refractivity contribution in [3.05, 3.63) is 142 Å². The van der Waals surface area contributed by atoms with Gasteiger partial charge in [-0.05, 0) is 72.1 Å². The molecule has 4 aromatic carbocycles. The van der Waals surface area contributed by atoms with Gasteiger partial charge in [0.1, 0.15) is 31.6 Å². The van der Waals surface area contributed by atoms with Crippen molar-refractivity contribution in [3.63, 3.8) is 0 Å². The van der Waals surface area contributed by atoms with Crippen LogP contribution in [0.1, 0.15) is 22.3 Å². The van der Waals surface area contributed by atoms with Gasteiger partial charge in [0.15, 0.2) is 0 Å². The highest BCUT2D eigenvalue weighted by molar-refractivity contribution is 8.22. The fraction of sp³-hybridized carbons (Fsp3) is 0. The van der Waals surface area contributed by atoms with Gasteiger partial charge in [-0.1, -0.05) is 60.7 Å². The van der Waals surface area contributed by atoms with Gasteiger partial charge in [-0.3, -0.25) is 0 Å². The van der Waals surface area contributed by atoms with E-state index in [0.29, 0.717) is 11.1 Å². The molecule has 0 fully saturated rings. The van der Waals surface area contributed by atoms with Gasteiger partial charge in [0.05, 0.1) is 34.6 Å². The molecule has 2 aliphatic heterocycles. The molecule has 0 unspecified atom stereocenters. The third kappa shape index (κ3) is 5.41. The number of hydrogen-bond donors (Lipinski definition) is 0. The van der Waals surface area contributed by atoms with Crippen molar-refractivity contribution in [3.8, 4) is 12.1 Å². The van der Waals surface area contributed by atoms with Crippen LogP contribution in [0, 0.1) is 22.7 Å². The number of thioether (sulfide) groups is 2. The summed E-state index contributed by atoms with van der Waals surface area (Å²) in [4.78, 5) is 19.8. The topological polar surface area (TPSA) is 97.0 Å². The van der Waals surface area contributed by atoms with Gasteiger partial charge >= 0.3 is 0 Å². The van der Waals surface area contributed by atoms with Crippen LogP contribution in [0.2, 0.25) is 0 Å². The molecule has 40 heavy (non-hydrogen) atoms. The van der Waals surface area contributed by atoms with Gasteiger partial charge in [0.25, 0.3) is 0 Å². The lowest BCUT2D eigenvalue weighted by Crippen LogP contribution is -2.07. The van der Waals surface area contributed by atoms with E-state index in [9.17, 15) is 0 Å². The van der Waals surface area contributed by atoms with E-state index < -0.39 is 0 Å². The third-order valence-corrected chi connectivity index (χ3v) is 7.99. The molecule has 0 aromatic heterocycles. The van der Waals surface area contributed by atoms with Crippen molar-refractivity contribution in [2.45, 2.75) is 0 Å². The van der Waals surface area contributed by atoms with Crippen LogP contribution < -0.4 is 0 Å². The summed E-state index contributed by atoms with van der Waals surface area (Å²) < 4.78 is 0. The van der Waals surface area contributed by atoms with Crippen molar-refractivity contribution in [2.75, 3.05) is 0 Å². The molecular formula is C32H18N6S2. The van der Waals surface area contributed by atoms with Crippen molar-refractivity contribution < 1.29 is 0 Å². The maximum atomic E-state index is 9.15. The number of hydrogen-bond acceptors (Lipinski definition) is 8. The normalized spacial score (nSPS) is 18.4. The molecule has 0 saturated carbocycles. The second-order valence-electron chi connectivity index (χ2n) is 8.62. The van der Waals surface area contributed by atoms with Gasteiger partial charge in [-0.25, -0.2) is 20.0 Å². The van der Waals surface area contributed by atoms with E-state index in [-0.39, 0.29) is 0 Å². The van der Waals surface area contributed by atoms with Crippen LogP contribution in [-0.2, 0) is 0 Å². The zero-order valence-electron chi connectivity index (χ0n) is 20.9. The van der Waals surface area contributed by atoms with E-state index >= 15 is 0 Å². The Labute approximate surface area is 239 Å². The van der Waals surface area contributed by atoms with Gasteiger partial charge in [0, 0.05) is 11.1 Å². The van der Waals surface area contributed by atoms with E-state index in [4.69, 9.17) is 30.5 Å². The lowest BCUT2D eigenvalue weighted by atomic mass is 10.1. The van der Waals surface area contributed by atoms with Crippen LogP contribution in [0.15, 0.2) is 139 Å². The first kappa shape index (κ1) is 25.3. The molecule has 0 aliphatic carbocycles. The minimum absolute atomic E-state index is 0.585. The van der Waals surface area contributed by atoms with Crippen LogP contribution in [0.25, 0.3) is 0 Å². The highest BCUT2D eigenvalue weighted by Crippen LogP contribution is 2.42. The molecule has 0 atom stereocenters. The summed E-state index contributed by atoms with van der Waals surface area (Å²) >= 11 is 2.94. The zero-order valence-corrected chi connectivity index (χ0v) is 22.5. The molecule has 0 saturated heterocycles. The summed E-state index contributed by atoms with van der Waals surface area (Å²) in [5, 5.41) is 21.3. The average Bonchev–Trinajstić information content (AvgIpc) is 3.63. The maximum Gasteiger partial charge on any atom is 0.136 e. The second kappa shape index (κ2) is 11.4. The van der Waals surface area contributed by atoms with Crippen LogP contribution in [0.5, 0.6) is 0 Å². The Balaban J connectivity index is 1.43. The summed E-state index contributed by atoms with van der Waals surface area (Å²) in [5.41, 5.74) is 6.11. The minimum atomic E-state index is 0.585. The van der Waals surface area contributed by atoms with E-state index in [1.54, 1.807) is 24.3 Å². The summed E-state index contributed by atoms with van der Waals surface area (Å²) in [6, 6.07) is 38.5. The fourth-order valence-corrected chi connectivity index (χ4v) is 5.96. The fourth-order valence-electron chi connectivity index (χ4n) is 3.98. The zero-order chi connectivity index (χ0) is 27.3. The maximum absolute atomic E-state index is 9.15. The first-order valence-electron chi connectivity index (χ1n) is 12.3. The van der Waals surface area contributed by atoms with Gasteiger partial charge < -0.3 is 0 Å². The molecule has 0 radical (unpaired) electrons. The smallest absolute Gasteiger partial charge is 0.136 e. The summed E-state index contributed by atoms with van der Waals surface area (Å²) in [6.07, 6.45) is 0. The number of nitriles is 2. The van der Waals surface area contributed by atoms with Crippen molar-refractivity contribution in [1.29, 1.82) is 10.5 Å². The van der Waals surface area contributed by atoms with Crippen LogP contribution in [0.4, 0.5) is 11.4 Å². The Morgan fingerprint density at radius 2 is 0.875 bits per heavy atom. The summed E-state index contributed by atoms with van der Waals surface area (Å²) in [7, 11) is 0. The van der Waals surface area contributed by atoms with Crippen LogP contribution in [0.3, 0.4) is 0 Å². The SMILES string of the molecule is N#Cc1ccc(N=C2S/C(=C3\N=C(c4ccccc4)C(=Nc4ccc(C#N)cc4)S3)N=C2c2ccccc2)cc1. The summed E-state index contributed by atoms with van der Waals surface area (Å²) in [5.74, 6) is 0. The van der Waals surface area contributed by atoms with Crippen molar-refractivity contribution in [2.24, 2.45) is 20.0 Å². The van der Waals surface area contributed by atoms with E-state index in [2.05, 4.69) is 12.1 Å². The first-order valence-corrected chi connectivity index (χ1v) is 13.9. The van der Waals surface area contributed by atoms with E-state index in [1.807, 2.05) is 84.9 Å². The molecule has 188 valence electrons. The lowest BCUT2D eigenvalue weighted by Gasteiger charge is -2.02. The van der Waals surface area contributed by atoms with Gasteiger partial charge in [-0.15, -0.1) is 0 Å². The molecular weight excluding hydrogens is 533 g/mol. The van der Waals surface area contributed by atoms with Crippen molar-refractivity contribution in [1.82, 2.24) is 0 Å². The number of benzene rings is 4. The largest absolute Gasteiger partial charge is 0.239 e.